The molecule has 0 N–H and O–H groups in total. The summed E-state index contributed by atoms with van der Waals surface area (Å²) in [4.78, 5) is 12.2. The Morgan fingerprint density at radius 3 is 2.88 bits per heavy atom. The van der Waals surface area contributed by atoms with E-state index in [1.165, 1.54) is 24.3 Å². The standard InChI is InChI=1S/C18H13ClFNO4/c19-14-7-12(8-16-17(14)24-5-1-4-23-16)18(22)25-10-13-6-11(9-21)2-3-15(13)20/h2-3,6-8H,1,4-5,10H2. The summed E-state index contributed by atoms with van der Waals surface area (Å²) >= 11 is 6.14. The molecule has 0 saturated carbocycles. The minimum absolute atomic E-state index is 0.118. The highest BCUT2D eigenvalue weighted by atomic mass is 35.5. The van der Waals surface area contributed by atoms with Gasteiger partial charge in [-0.15, -0.1) is 0 Å². The topological polar surface area (TPSA) is 68.5 Å². The number of fused-ring (bicyclic) bond motifs is 1. The van der Waals surface area contributed by atoms with Gasteiger partial charge in [-0.1, -0.05) is 11.6 Å². The van der Waals surface area contributed by atoms with E-state index >= 15 is 0 Å². The molecule has 0 amide bonds. The van der Waals surface area contributed by atoms with Crippen LogP contribution in [-0.2, 0) is 11.3 Å². The van der Waals surface area contributed by atoms with Gasteiger partial charge in [-0.2, -0.15) is 5.26 Å². The van der Waals surface area contributed by atoms with Crippen molar-refractivity contribution >= 4 is 17.6 Å². The molecule has 0 aliphatic carbocycles. The lowest BCUT2D eigenvalue weighted by Crippen LogP contribution is -2.07. The molecule has 1 aliphatic rings. The number of benzene rings is 2. The number of rotatable bonds is 3. The van der Waals surface area contributed by atoms with E-state index in [4.69, 9.17) is 31.1 Å². The van der Waals surface area contributed by atoms with E-state index in [0.717, 1.165) is 6.07 Å². The maximum atomic E-state index is 13.7. The van der Waals surface area contributed by atoms with E-state index in [9.17, 15) is 9.18 Å². The number of nitriles is 1. The zero-order chi connectivity index (χ0) is 17.8. The van der Waals surface area contributed by atoms with Gasteiger partial charge in [0, 0.05) is 12.0 Å². The molecular formula is C18H13ClFNO4. The summed E-state index contributed by atoms with van der Waals surface area (Å²) in [6.07, 6.45) is 0.708. The smallest absolute Gasteiger partial charge is 0.338 e. The van der Waals surface area contributed by atoms with Gasteiger partial charge in [-0.25, -0.2) is 9.18 Å². The van der Waals surface area contributed by atoms with Gasteiger partial charge in [0.25, 0.3) is 0 Å². The predicted octanol–water partition coefficient (Wildman–Crippen LogP) is 3.87. The van der Waals surface area contributed by atoms with E-state index in [0.29, 0.717) is 31.1 Å². The lowest BCUT2D eigenvalue weighted by molar-refractivity contribution is 0.0468. The zero-order valence-corrected chi connectivity index (χ0v) is 13.8. The average molecular weight is 362 g/mol. The monoisotopic (exact) mass is 361 g/mol. The van der Waals surface area contributed by atoms with Gasteiger partial charge in [-0.3, -0.25) is 0 Å². The van der Waals surface area contributed by atoms with Crippen LogP contribution in [0.1, 0.15) is 27.9 Å². The van der Waals surface area contributed by atoms with Gasteiger partial charge < -0.3 is 14.2 Å². The third-order valence-corrected chi connectivity index (χ3v) is 3.85. The zero-order valence-electron chi connectivity index (χ0n) is 13.1. The van der Waals surface area contributed by atoms with Crippen molar-refractivity contribution in [3.8, 4) is 17.6 Å². The minimum atomic E-state index is -0.681. The summed E-state index contributed by atoms with van der Waals surface area (Å²) < 4.78 is 29.9. The number of halogens is 2. The molecule has 128 valence electrons. The number of esters is 1. The van der Waals surface area contributed by atoms with E-state index in [-0.39, 0.29) is 28.3 Å². The molecule has 7 heteroatoms. The van der Waals surface area contributed by atoms with Crippen molar-refractivity contribution in [3.05, 3.63) is 57.9 Å². The van der Waals surface area contributed by atoms with Crippen molar-refractivity contribution in [2.45, 2.75) is 13.0 Å². The molecule has 25 heavy (non-hydrogen) atoms. The number of hydrogen-bond donors (Lipinski definition) is 0. The lowest BCUT2D eigenvalue weighted by atomic mass is 10.1. The molecule has 0 unspecified atom stereocenters. The van der Waals surface area contributed by atoms with Gasteiger partial charge in [0.15, 0.2) is 11.5 Å². The number of carbonyl (C=O) groups excluding carboxylic acids is 1. The molecule has 2 aromatic carbocycles. The predicted molar refractivity (Wildman–Crippen MR) is 87.3 cm³/mol. The molecule has 3 rings (SSSR count). The van der Waals surface area contributed by atoms with E-state index in [1.807, 2.05) is 6.07 Å². The van der Waals surface area contributed by atoms with Crippen molar-refractivity contribution < 1.29 is 23.4 Å². The van der Waals surface area contributed by atoms with Crippen molar-refractivity contribution in [2.24, 2.45) is 0 Å². The number of nitrogens with zero attached hydrogens (tertiary/aromatic N) is 1. The van der Waals surface area contributed by atoms with Crippen LogP contribution in [0.2, 0.25) is 5.02 Å². The normalized spacial score (nSPS) is 12.8. The molecular weight excluding hydrogens is 349 g/mol. The summed E-state index contributed by atoms with van der Waals surface area (Å²) in [6.45, 7) is 0.630. The van der Waals surface area contributed by atoms with Gasteiger partial charge in [-0.05, 0) is 30.3 Å². The first-order chi connectivity index (χ1) is 12.1. The molecule has 0 radical (unpaired) electrons. The largest absolute Gasteiger partial charge is 0.489 e. The summed E-state index contributed by atoms with van der Waals surface area (Å²) in [5.74, 6) is -0.471. The molecule has 1 heterocycles. The highest BCUT2D eigenvalue weighted by molar-refractivity contribution is 6.32. The highest BCUT2D eigenvalue weighted by Crippen LogP contribution is 2.38. The van der Waals surface area contributed by atoms with Crippen LogP contribution in [0.3, 0.4) is 0 Å². The Morgan fingerprint density at radius 1 is 1.28 bits per heavy atom. The quantitative estimate of drug-likeness (QED) is 0.776. The number of hydrogen-bond acceptors (Lipinski definition) is 5. The summed E-state index contributed by atoms with van der Waals surface area (Å²) in [6, 6.07) is 8.65. The summed E-state index contributed by atoms with van der Waals surface area (Å²) in [7, 11) is 0. The Balaban J connectivity index is 1.77. The fraction of sp³-hybridized carbons (Fsp3) is 0.222. The second-order valence-electron chi connectivity index (χ2n) is 5.33. The van der Waals surface area contributed by atoms with E-state index in [1.54, 1.807) is 0 Å². The van der Waals surface area contributed by atoms with Crippen LogP contribution in [0.15, 0.2) is 30.3 Å². The maximum Gasteiger partial charge on any atom is 0.338 e. The second-order valence-corrected chi connectivity index (χ2v) is 5.74. The molecule has 0 fully saturated rings. The SMILES string of the molecule is N#Cc1ccc(F)c(COC(=O)c2cc(Cl)c3c(c2)OCCCO3)c1. The minimum Gasteiger partial charge on any atom is -0.489 e. The van der Waals surface area contributed by atoms with Gasteiger partial charge in [0.1, 0.15) is 12.4 Å². The third kappa shape index (κ3) is 3.83. The molecule has 0 spiro atoms. The van der Waals surface area contributed by atoms with Crippen LogP contribution < -0.4 is 9.47 Å². The molecule has 5 nitrogen and oxygen atoms in total. The second kappa shape index (κ2) is 7.41. The van der Waals surface area contributed by atoms with Crippen molar-refractivity contribution in [1.29, 1.82) is 5.26 Å². The van der Waals surface area contributed by atoms with Crippen LogP contribution in [0.25, 0.3) is 0 Å². The third-order valence-electron chi connectivity index (χ3n) is 3.57. The Hall–Kier alpha value is -2.78. The van der Waals surface area contributed by atoms with Crippen molar-refractivity contribution in [2.75, 3.05) is 13.2 Å². The van der Waals surface area contributed by atoms with Gasteiger partial charge >= 0.3 is 5.97 Å². The Morgan fingerprint density at radius 2 is 2.08 bits per heavy atom. The van der Waals surface area contributed by atoms with Crippen molar-refractivity contribution in [1.82, 2.24) is 0 Å². The Bertz CT molecular complexity index is 863. The first-order valence-corrected chi connectivity index (χ1v) is 7.91. The van der Waals surface area contributed by atoms with E-state index < -0.39 is 11.8 Å². The summed E-state index contributed by atoms with van der Waals surface area (Å²) in [5, 5.41) is 9.09. The average Bonchev–Trinajstić information content (AvgIpc) is 2.86. The lowest BCUT2D eigenvalue weighted by Gasteiger charge is -2.11. The fourth-order valence-corrected chi connectivity index (χ4v) is 2.60. The number of ether oxygens (including phenoxy) is 3. The molecule has 0 bridgehead atoms. The van der Waals surface area contributed by atoms with E-state index in [2.05, 4.69) is 0 Å². The van der Waals surface area contributed by atoms with Gasteiger partial charge in [0.05, 0.1) is 35.4 Å². The first-order valence-electron chi connectivity index (χ1n) is 7.53. The first kappa shape index (κ1) is 17.1. The van der Waals surface area contributed by atoms with Crippen LogP contribution in [0, 0.1) is 17.1 Å². The molecule has 0 aromatic heterocycles. The molecule has 0 saturated heterocycles. The Kier molecular flexibility index (Phi) is 5.05. The molecule has 2 aromatic rings. The Labute approximate surface area is 148 Å². The van der Waals surface area contributed by atoms with Gasteiger partial charge in [0.2, 0.25) is 0 Å². The maximum absolute atomic E-state index is 13.7. The molecule has 1 aliphatic heterocycles. The fourth-order valence-electron chi connectivity index (χ4n) is 2.33. The van der Waals surface area contributed by atoms with Crippen LogP contribution in [0.5, 0.6) is 11.5 Å². The summed E-state index contributed by atoms with van der Waals surface area (Å²) in [5.41, 5.74) is 0.574. The van der Waals surface area contributed by atoms with Crippen LogP contribution in [0.4, 0.5) is 4.39 Å². The molecule has 0 atom stereocenters. The van der Waals surface area contributed by atoms with Crippen LogP contribution in [-0.4, -0.2) is 19.2 Å². The highest BCUT2D eigenvalue weighted by Gasteiger charge is 2.19. The number of carbonyl (C=O) groups is 1. The van der Waals surface area contributed by atoms with Crippen LogP contribution >= 0.6 is 11.6 Å². The van der Waals surface area contributed by atoms with Crippen molar-refractivity contribution in [3.63, 3.8) is 0 Å².